The van der Waals surface area contributed by atoms with E-state index in [0.29, 0.717) is 117 Å². The Labute approximate surface area is 258 Å². The number of carboxylic acids is 2. The van der Waals surface area contributed by atoms with E-state index in [4.69, 9.17) is 53.8 Å². The van der Waals surface area contributed by atoms with Crippen LogP contribution in [0, 0.1) is 0 Å². The summed E-state index contributed by atoms with van der Waals surface area (Å²) in [4.78, 5) is 33.5. The molecule has 0 fully saturated rings. The summed E-state index contributed by atoms with van der Waals surface area (Å²) in [7, 11) is 0. The largest absolute Gasteiger partial charge is 0.481 e. The highest BCUT2D eigenvalue weighted by atomic mass is 16.6. The fourth-order valence-corrected chi connectivity index (χ4v) is 3.32. The van der Waals surface area contributed by atoms with Crippen LogP contribution in [0.1, 0.15) is 22.3 Å². The normalized spacial score (nSPS) is 11.8. The van der Waals surface area contributed by atoms with Crippen LogP contribution in [0.4, 0.5) is 0 Å². The lowest BCUT2D eigenvalue weighted by molar-refractivity contribution is -0.139. The summed E-state index contributed by atoms with van der Waals surface area (Å²) in [6, 6.07) is 5.69. The summed E-state index contributed by atoms with van der Waals surface area (Å²) in [6.45, 7) is 6.81. The van der Waals surface area contributed by atoms with E-state index in [1.165, 1.54) is 0 Å². The molecule has 15 nitrogen and oxygen atoms in total. The van der Waals surface area contributed by atoms with Gasteiger partial charge in [-0.3, -0.25) is 14.4 Å². The van der Waals surface area contributed by atoms with Gasteiger partial charge in [0.1, 0.15) is 6.04 Å². The van der Waals surface area contributed by atoms with E-state index in [9.17, 15) is 14.4 Å². The number of benzene rings is 1. The lowest BCUT2D eigenvalue weighted by Crippen LogP contribution is -2.32. The number of carbonyl (C=O) groups is 3. The van der Waals surface area contributed by atoms with Crippen molar-refractivity contribution in [2.75, 3.05) is 112 Å². The van der Waals surface area contributed by atoms with Gasteiger partial charge < -0.3 is 59.2 Å². The van der Waals surface area contributed by atoms with Gasteiger partial charge in [0.05, 0.1) is 112 Å². The van der Waals surface area contributed by atoms with Gasteiger partial charge in [-0.2, -0.15) is 0 Å². The lowest BCUT2D eigenvalue weighted by atomic mass is 10.0. The monoisotopic (exact) mass is 632 g/mol. The van der Waals surface area contributed by atoms with Crippen LogP contribution >= 0.6 is 0 Å². The number of hydrogen-bond acceptors (Lipinski definition) is 12. The summed E-state index contributed by atoms with van der Waals surface area (Å²) < 4.78 is 43.0. The Morgan fingerprint density at radius 2 is 1.05 bits per heavy atom. The first-order valence-corrected chi connectivity index (χ1v) is 14.6. The Bertz CT molecular complexity index is 891. The third-order valence-electron chi connectivity index (χ3n) is 5.56. The zero-order valence-electron chi connectivity index (χ0n) is 25.3. The Morgan fingerprint density at radius 1 is 0.636 bits per heavy atom. The molecule has 1 atom stereocenters. The molecule has 0 aliphatic heterocycles. The van der Waals surface area contributed by atoms with E-state index in [1.54, 1.807) is 24.3 Å². The third kappa shape index (κ3) is 23.7. The average molecular weight is 633 g/mol. The van der Waals surface area contributed by atoms with Gasteiger partial charge in [0.2, 0.25) is 0 Å². The maximum absolute atomic E-state index is 12.3. The minimum Gasteiger partial charge on any atom is -0.481 e. The Morgan fingerprint density at radius 3 is 1.45 bits per heavy atom. The van der Waals surface area contributed by atoms with Crippen molar-refractivity contribution >= 4 is 17.8 Å². The van der Waals surface area contributed by atoms with Gasteiger partial charge in [0.25, 0.3) is 5.91 Å². The van der Waals surface area contributed by atoms with Gasteiger partial charge in [-0.1, -0.05) is 12.1 Å². The van der Waals surface area contributed by atoms with Crippen LogP contribution in [0.2, 0.25) is 0 Å². The zero-order valence-corrected chi connectivity index (χ0v) is 25.3. The molecule has 0 heterocycles. The molecule has 15 heteroatoms. The van der Waals surface area contributed by atoms with Crippen molar-refractivity contribution in [3.05, 3.63) is 35.4 Å². The van der Waals surface area contributed by atoms with Crippen molar-refractivity contribution in [3.63, 3.8) is 0 Å². The molecule has 44 heavy (non-hydrogen) atoms. The number of rotatable bonds is 31. The van der Waals surface area contributed by atoms with Crippen LogP contribution in [0.15, 0.2) is 24.3 Å². The van der Waals surface area contributed by atoms with Gasteiger partial charge in [-0.05, 0) is 24.1 Å². The molecule has 1 aromatic carbocycles. The molecule has 0 bridgehead atoms. The van der Waals surface area contributed by atoms with Crippen molar-refractivity contribution < 1.29 is 62.5 Å². The molecule has 0 saturated carbocycles. The van der Waals surface area contributed by atoms with Crippen LogP contribution in [0.25, 0.3) is 0 Å². The van der Waals surface area contributed by atoms with E-state index in [-0.39, 0.29) is 25.4 Å². The minimum absolute atomic E-state index is 0.0131. The standard InChI is InChI=1S/C29H48N2O13/c30-26(29(35)36)23-24-2-1-3-25(22-24)28(34)31-5-7-38-9-11-40-13-15-42-17-19-44-21-20-43-18-16-41-14-12-39-10-8-37-6-4-27(32)33/h1-3,22,26H,4-21,23,30H2,(H,31,34)(H,32,33)(H,35,36)/t26-/m0/s1. The number of amides is 1. The SMILES string of the molecule is N[C@@H](Cc1cccc(C(=O)NCCOCCOCCOCCOCCOCCOCCOCCOCCC(=O)O)c1)C(=O)O. The topological polar surface area (TPSA) is 204 Å². The van der Waals surface area contributed by atoms with Crippen LogP contribution in [-0.4, -0.2) is 146 Å². The van der Waals surface area contributed by atoms with Crippen LogP contribution < -0.4 is 11.1 Å². The molecule has 0 aromatic heterocycles. The molecule has 0 aliphatic carbocycles. The second-order valence-electron chi connectivity index (χ2n) is 9.15. The first kappa shape index (κ1) is 39.3. The molecular formula is C29H48N2O13. The summed E-state index contributed by atoms with van der Waals surface area (Å²) in [6.07, 6.45) is 0.130. The van der Waals surface area contributed by atoms with Crippen LogP contribution in [0.3, 0.4) is 0 Å². The summed E-state index contributed by atoms with van der Waals surface area (Å²) >= 11 is 0. The van der Waals surface area contributed by atoms with Crippen LogP contribution in [0.5, 0.6) is 0 Å². The van der Waals surface area contributed by atoms with Crippen LogP contribution in [-0.2, 0) is 53.9 Å². The molecule has 1 aromatic rings. The molecule has 0 aliphatic rings. The Balaban J connectivity index is 1.79. The van der Waals surface area contributed by atoms with Crippen molar-refractivity contribution in [1.29, 1.82) is 0 Å². The number of hydrogen-bond donors (Lipinski definition) is 4. The van der Waals surface area contributed by atoms with E-state index in [1.807, 2.05) is 0 Å². The quantitative estimate of drug-likeness (QED) is 0.0795. The molecule has 5 N–H and O–H groups in total. The second kappa shape index (κ2) is 27.8. The summed E-state index contributed by atoms with van der Waals surface area (Å²) in [5.74, 6) is -2.25. The molecule has 1 rings (SSSR count). The molecule has 0 spiro atoms. The molecule has 0 radical (unpaired) electrons. The first-order valence-electron chi connectivity index (χ1n) is 14.6. The fourth-order valence-electron chi connectivity index (χ4n) is 3.32. The van der Waals surface area contributed by atoms with Crippen molar-refractivity contribution in [3.8, 4) is 0 Å². The average Bonchev–Trinajstić information content (AvgIpc) is 3.00. The molecule has 1 amide bonds. The maximum atomic E-state index is 12.3. The van der Waals surface area contributed by atoms with Gasteiger partial charge >= 0.3 is 11.9 Å². The molecule has 252 valence electrons. The fraction of sp³-hybridized carbons (Fsp3) is 0.690. The number of aliphatic carboxylic acids is 2. The van der Waals surface area contributed by atoms with E-state index in [2.05, 4.69) is 5.32 Å². The Kier molecular flexibility index (Phi) is 24.8. The van der Waals surface area contributed by atoms with E-state index in [0.717, 1.165) is 0 Å². The molecular weight excluding hydrogens is 584 g/mol. The van der Waals surface area contributed by atoms with Crippen molar-refractivity contribution in [2.24, 2.45) is 5.73 Å². The number of carboxylic acid groups (broad SMARTS) is 2. The molecule has 0 saturated heterocycles. The Hall–Kier alpha value is -2.73. The predicted octanol–water partition coefficient (Wildman–Crippen LogP) is -0.0217. The van der Waals surface area contributed by atoms with E-state index < -0.39 is 18.0 Å². The van der Waals surface area contributed by atoms with Gasteiger partial charge in [-0.15, -0.1) is 0 Å². The lowest BCUT2D eigenvalue weighted by Gasteiger charge is -2.10. The number of ether oxygens (including phenoxy) is 8. The maximum Gasteiger partial charge on any atom is 0.320 e. The van der Waals surface area contributed by atoms with Gasteiger partial charge in [0, 0.05) is 12.1 Å². The highest BCUT2D eigenvalue weighted by Crippen LogP contribution is 2.07. The zero-order chi connectivity index (χ0) is 32.1. The number of nitrogens with two attached hydrogens (primary N) is 1. The minimum atomic E-state index is -1.09. The van der Waals surface area contributed by atoms with Gasteiger partial charge in [-0.25, -0.2) is 0 Å². The highest BCUT2D eigenvalue weighted by molar-refractivity contribution is 5.94. The van der Waals surface area contributed by atoms with E-state index >= 15 is 0 Å². The summed E-state index contributed by atoms with van der Waals surface area (Å²) in [5.41, 5.74) is 6.66. The van der Waals surface area contributed by atoms with Gasteiger partial charge in [0.15, 0.2) is 0 Å². The first-order chi connectivity index (χ1) is 21.4. The number of carbonyl (C=O) groups excluding carboxylic acids is 1. The second-order valence-corrected chi connectivity index (χ2v) is 9.15. The smallest absolute Gasteiger partial charge is 0.320 e. The number of nitrogens with one attached hydrogen (secondary N) is 1. The molecule has 0 unspecified atom stereocenters. The third-order valence-corrected chi connectivity index (χ3v) is 5.56. The predicted molar refractivity (Wildman–Crippen MR) is 157 cm³/mol. The van der Waals surface area contributed by atoms with Crippen molar-refractivity contribution in [2.45, 2.75) is 18.9 Å². The van der Waals surface area contributed by atoms with Crippen molar-refractivity contribution in [1.82, 2.24) is 5.32 Å². The highest BCUT2D eigenvalue weighted by Gasteiger charge is 2.13. The summed E-state index contributed by atoms with van der Waals surface area (Å²) in [5, 5.41) is 20.2.